The van der Waals surface area contributed by atoms with Gasteiger partial charge < -0.3 is 10.7 Å². The van der Waals surface area contributed by atoms with Crippen LogP contribution in [0.1, 0.15) is 6.92 Å². The van der Waals surface area contributed by atoms with Gasteiger partial charge in [0.2, 0.25) is 5.91 Å². The number of thioether (sulfide) groups is 1. The van der Waals surface area contributed by atoms with E-state index in [1.54, 1.807) is 6.92 Å². The summed E-state index contributed by atoms with van der Waals surface area (Å²) in [6.45, 7) is 1.76. The standard InChI is InChI=1S/C19H17N5OS/c1-12(17(20)25)26-19-23-22-18(24(19)14-8-3-2-4-9-14)16-11-13-7-5-6-10-15(13)21-16/h2-12,21H,1H3,(H2,20,25)/t12-/m0/s1. The van der Waals surface area contributed by atoms with Crippen LogP contribution in [0.5, 0.6) is 0 Å². The van der Waals surface area contributed by atoms with Gasteiger partial charge in [-0.05, 0) is 31.2 Å². The van der Waals surface area contributed by atoms with Crippen LogP contribution in [0.4, 0.5) is 0 Å². The summed E-state index contributed by atoms with van der Waals surface area (Å²) in [4.78, 5) is 14.9. The second kappa shape index (κ2) is 6.68. The van der Waals surface area contributed by atoms with Gasteiger partial charge in [-0.2, -0.15) is 0 Å². The van der Waals surface area contributed by atoms with E-state index < -0.39 is 5.25 Å². The minimum atomic E-state index is -0.405. The minimum absolute atomic E-state index is 0.384. The third kappa shape index (κ3) is 2.97. The van der Waals surface area contributed by atoms with Crippen LogP contribution < -0.4 is 5.73 Å². The average molecular weight is 363 g/mol. The predicted molar refractivity (Wildman–Crippen MR) is 103 cm³/mol. The molecule has 0 unspecified atom stereocenters. The molecular formula is C19H17N5OS. The molecule has 0 saturated carbocycles. The van der Waals surface area contributed by atoms with Crippen molar-refractivity contribution in [3.63, 3.8) is 0 Å². The van der Waals surface area contributed by atoms with E-state index in [0.29, 0.717) is 11.0 Å². The maximum atomic E-state index is 11.5. The monoisotopic (exact) mass is 363 g/mol. The second-order valence-electron chi connectivity index (χ2n) is 5.91. The van der Waals surface area contributed by atoms with Crippen molar-refractivity contribution in [3.05, 3.63) is 60.7 Å². The maximum Gasteiger partial charge on any atom is 0.230 e. The zero-order chi connectivity index (χ0) is 18.1. The topological polar surface area (TPSA) is 89.6 Å². The van der Waals surface area contributed by atoms with Crippen molar-refractivity contribution in [3.8, 4) is 17.2 Å². The summed E-state index contributed by atoms with van der Waals surface area (Å²) in [7, 11) is 0. The zero-order valence-electron chi connectivity index (χ0n) is 14.1. The predicted octanol–water partition coefficient (Wildman–Crippen LogP) is 3.38. The van der Waals surface area contributed by atoms with Gasteiger partial charge in [-0.15, -0.1) is 10.2 Å². The Bertz CT molecular complexity index is 1040. The molecule has 4 rings (SSSR count). The smallest absolute Gasteiger partial charge is 0.230 e. The van der Waals surface area contributed by atoms with E-state index in [9.17, 15) is 4.79 Å². The minimum Gasteiger partial charge on any atom is -0.369 e. The number of aromatic amines is 1. The molecule has 2 aromatic heterocycles. The molecule has 1 amide bonds. The first-order valence-electron chi connectivity index (χ1n) is 8.18. The largest absolute Gasteiger partial charge is 0.369 e. The quantitative estimate of drug-likeness (QED) is 0.532. The Hall–Kier alpha value is -3.06. The average Bonchev–Trinajstić information content (AvgIpc) is 3.26. The molecule has 3 N–H and O–H groups in total. The van der Waals surface area contributed by atoms with Crippen LogP contribution >= 0.6 is 11.8 Å². The highest BCUT2D eigenvalue weighted by molar-refractivity contribution is 8.00. The summed E-state index contributed by atoms with van der Waals surface area (Å²) in [5.74, 6) is 0.302. The zero-order valence-corrected chi connectivity index (χ0v) is 14.9. The Morgan fingerprint density at radius 2 is 1.85 bits per heavy atom. The maximum absolute atomic E-state index is 11.5. The highest BCUT2D eigenvalue weighted by Gasteiger charge is 2.21. The Morgan fingerprint density at radius 3 is 2.58 bits per heavy atom. The van der Waals surface area contributed by atoms with Crippen molar-refractivity contribution in [2.75, 3.05) is 0 Å². The van der Waals surface area contributed by atoms with Gasteiger partial charge >= 0.3 is 0 Å². The number of nitrogens with one attached hydrogen (secondary N) is 1. The molecule has 4 aromatic rings. The molecule has 2 heterocycles. The summed E-state index contributed by atoms with van der Waals surface area (Å²) in [5.41, 5.74) is 8.23. The molecule has 0 saturated heterocycles. The van der Waals surface area contributed by atoms with Gasteiger partial charge in [0.15, 0.2) is 11.0 Å². The first-order chi connectivity index (χ1) is 12.6. The van der Waals surface area contributed by atoms with Gasteiger partial charge in [0.25, 0.3) is 0 Å². The summed E-state index contributed by atoms with van der Waals surface area (Å²) >= 11 is 1.30. The van der Waals surface area contributed by atoms with Gasteiger partial charge in [-0.1, -0.05) is 48.2 Å². The lowest BCUT2D eigenvalue weighted by Crippen LogP contribution is -2.23. The molecule has 6 nitrogen and oxygen atoms in total. The molecule has 0 bridgehead atoms. The SMILES string of the molecule is C[C@H](Sc1nnc(-c2cc3ccccc3[nH]2)n1-c1ccccc1)C(N)=O. The summed E-state index contributed by atoms with van der Waals surface area (Å²) in [6.07, 6.45) is 0. The van der Waals surface area contributed by atoms with Gasteiger partial charge in [0, 0.05) is 16.6 Å². The first kappa shape index (κ1) is 16.4. The lowest BCUT2D eigenvalue weighted by molar-refractivity contribution is -0.117. The fraction of sp³-hybridized carbons (Fsp3) is 0.105. The fourth-order valence-electron chi connectivity index (χ4n) is 2.74. The number of amides is 1. The number of nitrogens with zero attached hydrogens (tertiary/aromatic N) is 3. The normalized spacial score (nSPS) is 12.3. The van der Waals surface area contributed by atoms with Crippen LogP contribution in [0.25, 0.3) is 28.1 Å². The number of rotatable bonds is 5. The number of carbonyl (C=O) groups excluding carboxylic acids is 1. The molecule has 26 heavy (non-hydrogen) atoms. The highest BCUT2D eigenvalue weighted by atomic mass is 32.2. The Labute approximate surface area is 154 Å². The van der Waals surface area contributed by atoms with Crippen LogP contribution in [-0.2, 0) is 4.79 Å². The van der Waals surface area contributed by atoms with Crippen molar-refractivity contribution in [1.82, 2.24) is 19.7 Å². The number of carbonyl (C=O) groups is 1. The Kier molecular flexibility index (Phi) is 4.22. The number of hydrogen-bond donors (Lipinski definition) is 2. The van der Waals surface area contributed by atoms with E-state index in [-0.39, 0.29) is 5.91 Å². The van der Waals surface area contributed by atoms with Crippen LogP contribution in [0.15, 0.2) is 65.8 Å². The third-order valence-electron chi connectivity index (χ3n) is 4.10. The molecule has 7 heteroatoms. The van der Waals surface area contributed by atoms with Gasteiger partial charge in [-0.25, -0.2) is 0 Å². The lowest BCUT2D eigenvalue weighted by Gasteiger charge is -2.11. The molecule has 0 radical (unpaired) electrons. The Morgan fingerprint density at radius 1 is 1.12 bits per heavy atom. The van der Waals surface area contributed by atoms with E-state index in [1.807, 2.05) is 65.2 Å². The lowest BCUT2D eigenvalue weighted by atomic mass is 10.2. The first-order valence-corrected chi connectivity index (χ1v) is 9.06. The molecule has 130 valence electrons. The molecule has 0 aliphatic carbocycles. The van der Waals surface area contributed by atoms with Gasteiger partial charge in [0.05, 0.1) is 10.9 Å². The van der Waals surface area contributed by atoms with Crippen LogP contribution in [0, 0.1) is 0 Å². The van der Waals surface area contributed by atoms with E-state index in [4.69, 9.17) is 5.73 Å². The number of hydrogen-bond acceptors (Lipinski definition) is 4. The molecule has 0 aliphatic heterocycles. The fourth-order valence-corrected chi connectivity index (χ4v) is 3.56. The summed E-state index contributed by atoms with van der Waals surface area (Å²) in [6, 6.07) is 19.9. The van der Waals surface area contributed by atoms with E-state index >= 15 is 0 Å². The number of para-hydroxylation sites is 2. The molecule has 0 aliphatic rings. The summed E-state index contributed by atoms with van der Waals surface area (Å²) in [5, 5.41) is 10.0. The number of H-pyrrole nitrogens is 1. The Balaban J connectivity index is 1.86. The third-order valence-corrected chi connectivity index (χ3v) is 5.16. The van der Waals surface area contributed by atoms with Crippen LogP contribution in [0.2, 0.25) is 0 Å². The van der Waals surface area contributed by atoms with Crippen molar-refractivity contribution in [2.45, 2.75) is 17.3 Å². The van der Waals surface area contributed by atoms with Gasteiger partial charge in [0.1, 0.15) is 0 Å². The van der Waals surface area contributed by atoms with Crippen molar-refractivity contribution in [1.29, 1.82) is 0 Å². The number of benzene rings is 2. The van der Waals surface area contributed by atoms with Crippen molar-refractivity contribution in [2.24, 2.45) is 5.73 Å². The summed E-state index contributed by atoms with van der Waals surface area (Å²) < 4.78 is 1.94. The van der Waals surface area contributed by atoms with E-state index in [2.05, 4.69) is 15.2 Å². The second-order valence-corrected chi connectivity index (χ2v) is 7.22. The number of aromatic nitrogens is 4. The van der Waals surface area contributed by atoms with E-state index in [1.165, 1.54) is 11.8 Å². The molecule has 0 fully saturated rings. The molecular weight excluding hydrogens is 346 g/mol. The van der Waals surface area contributed by atoms with Gasteiger partial charge in [-0.3, -0.25) is 9.36 Å². The molecule has 2 aromatic carbocycles. The van der Waals surface area contributed by atoms with Crippen molar-refractivity contribution >= 4 is 28.6 Å². The van der Waals surface area contributed by atoms with Crippen LogP contribution in [0.3, 0.4) is 0 Å². The van der Waals surface area contributed by atoms with Crippen LogP contribution in [-0.4, -0.2) is 30.9 Å². The van der Waals surface area contributed by atoms with E-state index in [0.717, 1.165) is 22.3 Å². The molecule has 0 spiro atoms. The number of primary amides is 1. The molecule has 1 atom stereocenters. The van der Waals surface area contributed by atoms with Crippen molar-refractivity contribution < 1.29 is 4.79 Å². The highest BCUT2D eigenvalue weighted by Crippen LogP contribution is 2.31. The number of fused-ring (bicyclic) bond motifs is 1. The number of nitrogens with two attached hydrogens (primary N) is 1.